The van der Waals surface area contributed by atoms with Crippen molar-refractivity contribution in [2.45, 2.75) is 25.9 Å². The Morgan fingerprint density at radius 1 is 1.17 bits per heavy atom. The second-order valence-electron chi connectivity index (χ2n) is 6.35. The van der Waals surface area contributed by atoms with Crippen LogP contribution in [0.1, 0.15) is 19.4 Å². The Morgan fingerprint density at radius 2 is 1.83 bits per heavy atom. The van der Waals surface area contributed by atoms with Gasteiger partial charge in [0.15, 0.2) is 0 Å². The summed E-state index contributed by atoms with van der Waals surface area (Å²) < 4.78 is 5.10. The minimum absolute atomic E-state index is 0.0633. The molecule has 0 aliphatic heterocycles. The maximum absolute atomic E-state index is 12.0. The molecule has 0 heterocycles. The average Bonchev–Trinajstić information content (AvgIpc) is 2.57. The van der Waals surface area contributed by atoms with Crippen molar-refractivity contribution in [2.75, 3.05) is 13.7 Å². The average molecular weight is 329 g/mol. The van der Waals surface area contributed by atoms with Gasteiger partial charge < -0.3 is 15.2 Å². The first-order valence-corrected chi connectivity index (χ1v) is 7.87. The van der Waals surface area contributed by atoms with E-state index in [2.05, 4.69) is 5.32 Å². The van der Waals surface area contributed by atoms with Gasteiger partial charge in [0.25, 0.3) is 5.91 Å². The lowest BCUT2D eigenvalue weighted by Gasteiger charge is -2.23. The number of methoxy groups -OCH3 is 1. The fourth-order valence-electron chi connectivity index (χ4n) is 2.42. The number of ether oxygens (including phenoxy) is 1. The number of carboxylic acid groups (broad SMARTS) is 1. The normalized spacial score (nSPS) is 12.8. The summed E-state index contributed by atoms with van der Waals surface area (Å²) in [4.78, 5) is 23.5. The van der Waals surface area contributed by atoms with E-state index in [1.54, 1.807) is 13.8 Å². The summed E-state index contributed by atoms with van der Waals surface area (Å²) in [5.74, 6) is -1.95. The van der Waals surface area contributed by atoms with Crippen LogP contribution in [0.5, 0.6) is 0 Å². The second kappa shape index (κ2) is 7.45. The molecular formula is C19H23NO4. The number of fused-ring (bicyclic) bond motifs is 1. The van der Waals surface area contributed by atoms with Gasteiger partial charge in [-0.15, -0.1) is 0 Å². The Labute approximate surface area is 141 Å². The van der Waals surface area contributed by atoms with Crippen molar-refractivity contribution in [3.8, 4) is 0 Å². The van der Waals surface area contributed by atoms with Crippen LogP contribution in [0.4, 0.5) is 0 Å². The molecule has 0 radical (unpaired) electrons. The smallest absolute Gasteiger partial charge is 0.308 e. The van der Waals surface area contributed by atoms with E-state index in [1.165, 1.54) is 7.11 Å². The molecule has 0 spiro atoms. The quantitative estimate of drug-likeness (QED) is 0.819. The van der Waals surface area contributed by atoms with Gasteiger partial charge in [0.05, 0.1) is 5.92 Å². The topological polar surface area (TPSA) is 75.6 Å². The summed E-state index contributed by atoms with van der Waals surface area (Å²) in [6.07, 6.45) is 0.355. The predicted octanol–water partition coefficient (Wildman–Crippen LogP) is 2.62. The Balaban J connectivity index is 2.07. The summed E-state index contributed by atoms with van der Waals surface area (Å²) in [6, 6.07) is 13.8. The minimum Gasteiger partial charge on any atom is -0.481 e. The lowest BCUT2D eigenvalue weighted by atomic mass is 9.96. The number of carboxylic acids is 1. The molecule has 0 aliphatic carbocycles. The number of carbonyl (C=O) groups excluding carboxylic acids is 1. The van der Waals surface area contributed by atoms with Crippen LogP contribution in [0.2, 0.25) is 0 Å². The van der Waals surface area contributed by atoms with Gasteiger partial charge in [-0.05, 0) is 36.6 Å². The molecule has 5 heteroatoms. The lowest BCUT2D eigenvalue weighted by Crippen LogP contribution is -2.46. The van der Waals surface area contributed by atoms with Gasteiger partial charge in [-0.25, -0.2) is 0 Å². The van der Waals surface area contributed by atoms with E-state index in [4.69, 9.17) is 4.74 Å². The summed E-state index contributed by atoms with van der Waals surface area (Å²) in [5, 5.41) is 14.3. The number of nitrogens with one attached hydrogen (secondary N) is 1. The highest BCUT2D eigenvalue weighted by Crippen LogP contribution is 2.18. The molecule has 2 N–H and O–H groups in total. The van der Waals surface area contributed by atoms with Crippen molar-refractivity contribution in [3.63, 3.8) is 0 Å². The zero-order valence-corrected chi connectivity index (χ0v) is 14.2. The third-order valence-corrected chi connectivity index (χ3v) is 4.21. The van der Waals surface area contributed by atoms with Gasteiger partial charge in [-0.2, -0.15) is 0 Å². The van der Waals surface area contributed by atoms with Crippen molar-refractivity contribution in [3.05, 3.63) is 48.0 Å². The third kappa shape index (κ3) is 4.32. The van der Waals surface area contributed by atoms with Crippen LogP contribution in [-0.2, 0) is 20.7 Å². The molecule has 1 amide bonds. The summed E-state index contributed by atoms with van der Waals surface area (Å²) in [7, 11) is 1.45. The van der Waals surface area contributed by atoms with Crippen LogP contribution < -0.4 is 5.32 Å². The summed E-state index contributed by atoms with van der Waals surface area (Å²) in [5.41, 5.74) is -0.0484. The highest BCUT2D eigenvalue weighted by molar-refractivity contribution is 5.85. The zero-order valence-electron chi connectivity index (χ0n) is 14.2. The fraction of sp³-hybridized carbons (Fsp3) is 0.368. The number of aliphatic carboxylic acids is 1. The molecule has 1 atom stereocenters. The molecule has 0 bridgehead atoms. The standard InChI is InChI=1S/C19H23NO4/c1-19(2,24-3)18(23)20-12-16(17(21)22)11-13-8-9-14-6-4-5-7-15(14)10-13/h4-10,16H,11-12H2,1-3H3,(H,20,23)(H,21,22). The van der Waals surface area contributed by atoms with Crippen molar-refractivity contribution >= 4 is 22.6 Å². The molecule has 0 saturated heterocycles. The van der Waals surface area contributed by atoms with Gasteiger partial charge in [0, 0.05) is 13.7 Å². The monoisotopic (exact) mass is 329 g/mol. The number of benzene rings is 2. The highest BCUT2D eigenvalue weighted by Gasteiger charge is 2.28. The van der Waals surface area contributed by atoms with Crippen LogP contribution in [0.15, 0.2) is 42.5 Å². The number of hydrogen-bond acceptors (Lipinski definition) is 3. The summed E-state index contributed by atoms with van der Waals surface area (Å²) in [6.45, 7) is 3.34. The van der Waals surface area contributed by atoms with Gasteiger partial charge >= 0.3 is 5.97 Å². The largest absolute Gasteiger partial charge is 0.481 e. The van der Waals surface area contributed by atoms with Crippen molar-refractivity contribution < 1.29 is 19.4 Å². The number of rotatable bonds is 7. The lowest BCUT2D eigenvalue weighted by molar-refractivity contribution is -0.143. The molecule has 5 nitrogen and oxygen atoms in total. The Morgan fingerprint density at radius 3 is 2.46 bits per heavy atom. The van der Waals surface area contributed by atoms with Crippen LogP contribution in [0, 0.1) is 5.92 Å². The Kier molecular flexibility index (Phi) is 5.57. The molecular weight excluding hydrogens is 306 g/mol. The van der Waals surface area contributed by atoms with Crippen molar-refractivity contribution in [1.29, 1.82) is 0 Å². The Bertz CT molecular complexity index is 739. The van der Waals surface area contributed by atoms with Crippen molar-refractivity contribution in [2.24, 2.45) is 5.92 Å². The fourth-order valence-corrected chi connectivity index (χ4v) is 2.42. The van der Waals surface area contributed by atoms with Crippen LogP contribution in [-0.4, -0.2) is 36.2 Å². The van der Waals surface area contributed by atoms with E-state index in [0.29, 0.717) is 6.42 Å². The van der Waals surface area contributed by atoms with Gasteiger partial charge in [0.1, 0.15) is 5.60 Å². The minimum atomic E-state index is -0.980. The highest BCUT2D eigenvalue weighted by atomic mass is 16.5. The van der Waals surface area contributed by atoms with Crippen LogP contribution >= 0.6 is 0 Å². The zero-order chi connectivity index (χ0) is 17.7. The van der Waals surface area contributed by atoms with E-state index in [9.17, 15) is 14.7 Å². The molecule has 2 aromatic carbocycles. The first-order valence-electron chi connectivity index (χ1n) is 7.87. The second-order valence-corrected chi connectivity index (χ2v) is 6.35. The maximum atomic E-state index is 12.0. The first-order chi connectivity index (χ1) is 11.3. The SMILES string of the molecule is COC(C)(C)C(=O)NCC(Cc1ccc2ccccc2c1)C(=O)O. The molecule has 0 aliphatic rings. The first kappa shape index (κ1) is 17.9. The van der Waals surface area contributed by atoms with Crippen LogP contribution in [0.3, 0.4) is 0 Å². The molecule has 0 aromatic heterocycles. The number of carbonyl (C=O) groups is 2. The number of hydrogen-bond donors (Lipinski definition) is 2. The van der Waals surface area contributed by atoms with Gasteiger partial charge in [0.2, 0.25) is 0 Å². The molecule has 128 valence electrons. The van der Waals surface area contributed by atoms with E-state index < -0.39 is 17.5 Å². The molecule has 0 fully saturated rings. The molecule has 2 rings (SSSR count). The van der Waals surface area contributed by atoms with E-state index in [0.717, 1.165) is 16.3 Å². The molecule has 24 heavy (non-hydrogen) atoms. The Hall–Kier alpha value is -2.40. The molecule has 0 saturated carbocycles. The van der Waals surface area contributed by atoms with Crippen molar-refractivity contribution in [1.82, 2.24) is 5.32 Å². The predicted molar refractivity (Wildman–Crippen MR) is 92.9 cm³/mol. The molecule has 1 unspecified atom stereocenters. The van der Waals surface area contributed by atoms with Gasteiger partial charge in [-0.1, -0.05) is 42.5 Å². The van der Waals surface area contributed by atoms with Crippen LogP contribution in [0.25, 0.3) is 10.8 Å². The van der Waals surface area contributed by atoms with E-state index >= 15 is 0 Å². The third-order valence-electron chi connectivity index (χ3n) is 4.21. The van der Waals surface area contributed by atoms with E-state index in [1.807, 2.05) is 42.5 Å². The van der Waals surface area contributed by atoms with Gasteiger partial charge in [-0.3, -0.25) is 9.59 Å². The molecule has 2 aromatic rings. The van der Waals surface area contributed by atoms with E-state index in [-0.39, 0.29) is 12.5 Å². The number of amides is 1. The maximum Gasteiger partial charge on any atom is 0.308 e. The summed E-state index contributed by atoms with van der Waals surface area (Å²) >= 11 is 0.